The molecule has 9 nitrogen and oxygen atoms in total. The SMILES string of the molecule is O=C(O)CCOCCOCCOCCOCCOCCC(=O)Oc1c(F)c(F)c(F)c(F)c1F. The number of hydrogen-bond donors (Lipinski definition) is 1. The van der Waals surface area contributed by atoms with Gasteiger partial charge in [-0.15, -0.1) is 0 Å². The first-order valence-electron chi connectivity index (χ1n) is 10.1. The van der Waals surface area contributed by atoms with Crippen LogP contribution in [-0.2, 0) is 33.3 Å². The van der Waals surface area contributed by atoms with Crippen LogP contribution in [0.5, 0.6) is 5.75 Å². The first-order chi connectivity index (χ1) is 16.3. The van der Waals surface area contributed by atoms with Crippen LogP contribution >= 0.6 is 0 Å². The van der Waals surface area contributed by atoms with Crippen molar-refractivity contribution >= 4 is 11.9 Å². The summed E-state index contributed by atoms with van der Waals surface area (Å²) in [5.74, 6) is -15.1. The van der Waals surface area contributed by atoms with Crippen LogP contribution < -0.4 is 4.74 Å². The van der Waals surface area contributed by atoms with Gasteiger partial charge in [-0.05, 0) is 0 Å². The highest BCUT2D eigenvalue weighted by Gasteiger charge is 2.28. The van der Waals surface area contributed by atoms with Gasteiger partial charge in [0.15, 0.2) is 0 Å². The molecule has 0 aliphatic rings. The van der Waals surface area contributed by atoms with Crippen molar-refractivity contribution in [2.24, 2.45) is 0 Å². The summed E-state index contributed by atoms with van der Waals surface area (Å²) in [4.78, 5) is 21.8. The molecule has 0 fully saturated rings. The molecule has 0 aliphatic heterocycles. The fourth-order valence-corrected chi connectivity index (χ4v) is 2.14. The van der Waals surface area contributed by atoms with E-state index in [0.717, 1.165) is 0 Å². The van der Waals surface area contributed by atoms with Crippen molar-refractivity contribution in [1.82, 2.24) is 0 Å². The number of benzene rings is 1. The minimum absolute atomic E-state index is 0.0642. The van der Waals surface area contributed by atoms with E-state index in [0.29, 0.717) is 19.8 Å². The molecule has 1 aromatic rings. The van der Waals surface area contributed by atoms with E-state index in [1.165, 1.54) is 0 Å². The summed E-state index contributed by atoms with van der Waals surface area (Å²) in [6, 6.07) is 0. The van der Waals surface area contributed by atoms with Crippen LogP contribution in [0, 0.1) is 29.1 Å². The Morgan fingerprint density at radius 3 is 1.24 bits per heavy atom. The summed E-state index contributed by atoms with van der Waals surface area (Å²) in [7, 11) is 0. The molecule has 0 unspecified atom stereocenters. The van der Waals surface area contributed by atoms with Crippen molar-refractivity contribution in [2.75, 3.05) is 66.1 Å². The zero-order valence-corrected chi connectivity index (χ0v) is 18.1. The maximum Gasteiger partial charge on any atom is 0.313 e. The minimum atomic E-state index is -2.35. The Hall–Kier alpha value is -2.39. The molecule has 0 bridgehead atoms. The van der Waals surface area contributed by atoms with Gasteiger partial charge in [0.2, 0.25) is 34.8 Å². The van der Waals surface area contributed by atoms with E-state index >= 15 is 0 Å². The highest BCUT2D eigenvalue weighted by molar-refractivity contribution is 5.72. The molecule has 0 saturated carbocycles. The molecule has 1 N–H and O–H groups in total. The summed E-state index contributed by atoms with van der Waals surface area (Å²) in [5.41, 5.74) is 0. The molecular weight excluding hydrogens is 479 g/mol. The number of hydrogen-bond acceptors (Lipinski definition) is 8. The first-order valence-corrected chi connectivity index (χ1v) is 10.1. The Labute approximate surface area is 191 Å². The molecule has 1 rings (SSSR count). The summed E-state index contributed by atoms with van der Waals surface area (Å²) >= 11 is 0. The Kier molecular flexibility index (Phi) is 14.9. The second-order valence-electron chi connectivity index (χ2n) is 6.33. The van der Waals surface area contributed by atoms with Gasteiger partial charge in [-0.1, -0.05) is 0 Å². The third-order valence-corrected chi connectivity index (χ3v) is 3.78. The number of carbonyl (C=O) groups is 2. The Morgan fingerprint density at radius 2 is 0.853 bits per heavy atom. The van der Waals surface area contributed by atoms with Gasteiger partial charge < -0.3 is 33.5 Å². The topological polar surface area (TPSA) is 110 Å². The largest absolute Gasteiger partial charge is 0.481 e. The van der Waals surface area contributed by atoms with E-state index in [-0.39, 0.29) is 52.7 Å². The number of halogens is 5. The van der Waals surface area contributed by atoms with Crippen molar-refractivity contribution in [3.63, 3.8) is 0 Å². The lowest BCUT2D eigenvalue weighted by atomic mass is 10.2. The van der Waals surface area contributed by atoms with E-state index in [4.69, 9.17) is 28.8 Å². The number of carboxylic acids is 1. The average Bonchev–Trinajstić information content (AvgIpc) is 2.81. The van der Waals surface area contributed by atoms with Crippen molar-refractivity contribution in [2.45, 2.75) is 12.8 Å². The van der Waals surface area contributed by atoms with Gasteiger partial charge in [-0.3, -0.25) is 9.59 Å². The molecule has 0 aliphatic carbocycles. The smallest absolute Gasteiger partial charge is 0.313 e. The van der Waals surface area contributed by atoms with Gasteiger partial charge >= 0.3 is 11.9 Å². The van der Waals surface area contributed by atoms with E-state index in [1.54, 1.807) is 0 Å². The number of carboxylic acid groups (broad SMARTS) is 1. The third kappa shape index (κ3) is 11.7. The van der Waals surface area contributed by atoms with Crippen LogP contribution in [0.25, 0.3) is 0 Å². The monoisotopic (exact) mass is 504 g/mol. The highest BCUT2D eigenvalue weighted by Crippen LogP contribution is 2.29. The van der Waals surface area contributed by atoms with Crippen LogP contribution in [0.1, 0.15) is 12.8 Å². The second-order valence-corrected chi connectivity index (χ2v) is 6.33. The van der Waals surface area contributed by atoms with E-state index in [1.807, 2.05) is 0 Å². The molecule has 0 aromatic heterocycles. The number of rotatable bonds is 19. The van der Waals surface area contributed by atoms with Gasteiger partial charge in [0.1, 0.15) is 0 Å². The summed E-state index contributed by atoms with van der Waals surface area (Å²) in [6.07, 6.45) is -0.557. The molecule has 0 saturated heterocycles. The molecule has 0 atom stereocenters. The Bertz CT molecular complexity index is 750. The molecule has 0 spiro atoms. The number of ether oxygens (including phenoxy) is 6. The molecule has 0 heterocycles. The lowest BCUT2D eigenvalue weighted by Crippen LogP contribution is -2.16. The maximum atomic E-state index is 13.4. The van der Waals surface area contributed by atoms with Crippen molar-refractivity contribution in [3.05, 3.63) is 29.1 Å². The van der Waals surface area contributed by atoms with Crippen LogP contribution in [0.2, 0.25) is 0 Å². The summed E-state index contributed by atoms with van der Waals surface area (Å²) in [5, 5.41) is 8.42. The van der Waals surface area contributed by atoms with Crippen molar-refractivity contribution < 1.29 is 65.1 Å². The first kappa shape index (κ1) is 29.6. The van der Waals surface area contributed by atoms with Crippen LogP contribution in [-0.4, -0.2) is 83.1 Å². The normalized spacial score (nSPS) is 11.1. The van der Waals surface area contributed by atoms with Gasteiger partial charge in [0, 0.05) is 0 Å². The predicted octanol–water partition coefficient (Wildman–Crippen LogP) is 2.24. The lowest BCUT2D eigenvalue weighted by Gasteiger charge is -2.09. The van der Waals surface area contributed by atoms with Gasteiger partial charge in [-0.25, -0.2) is 13.2 Å². The van der Waals surface area contributed by atoms with Gasteiger partial charge in [-0.2, -0.15) is 8.78 Å². The van der Waals surface area contributed by atoms with Gasteiger partial charge in [0.25, 0.3) is 0 Å². The zero-order chi connectivity index (χ0) is 25.3. The molecule has 34 heavy (non-hydrogen) atoms. The minimum Gasteiger partial charge on any atom is -0.481 e. The van der Waals surface area contributed by atoms with E-state index in [9.17, 15) is 31.5 Å². The predicted molar refractivity (Wildman–Crippen MR) is 103 cm³/mol. The molecule has 1 aromatic carbocycles. The molecule has 194 valence electrons. The van der Waals surface area contributed by atoms with Crippen LogP contribution in [0.3, 0.4) is 0 Å². The molecule has 0 radical (unpaired) electrons. The third-order valence-electron chi connectivity index (χ3n) is 3.78. The fraction of sp³-hybridized carbons (Fsp3) is 0.600. The average molecular weight is 504 g/mol. The fourth-order valence-electron chi connectivity index (χ4n) is 2.14. The van der Waals surface area contributed by atoms with Crippen LogP contribution in [0.4, 0.5) is 22.0 Å². The van der Waals surface area contributed by atoms with Gasteiger partial charge in [0.05, 0.1) is 78.9 Å². The Morgan fingerprint density at radius 1 is 0.529 bits per heavy atom. The maximum absolute atomic E-state index is 13.4. The van der Waals surface area contributed by atoms with Crippen LogP contribution in [0.15, 0.2) is 0 Å². The second kappa shape index (κ2) is 17.1. The van der Waals surface area contributed by atoms with E-state index in [2.05, 4.69) is 4.74 Å². The standard InChI is InChI=1S/C20H25F5O9/c21-15-16(22)18(24)20(19(25)17(15)23)34-14(28)2-4-30-6-8-32-10-12-33-11-9-31-7-5-29-3-1-13(26)27/h1-12H2,(H,26,27). The molecular formula is C20H25F5O9. The lowest BCUT2D eigenvalue weighted by molar-refractivity contribution is -0.138. The van der Waals surface area contributed by atoms with Crippen molar-refractivity contribution in [3.8, 4) is 5.75 Å². The van der Waals surface area contributed by atoms with Crippen molar-refractivity contribution in [1.29, 1.82) is 0 Å². The molecule has 14 heteroatoms. The number of carbonyl (C=O) groups excluding carboxylic acids is 1. The number of aliphatic carboxylic acids is 1. The number of esters is 1. The summed E-state index contributed by atoms with van der Waals surface area (Å²) in [6.45, 7) is 1.89. The molecule has 0 amide bonds. The van der Waals surface area contributed by atoms with E-state index < -0.39 is 53.2 Å². The zero-order valence-electron chi connectivity index (χ0n) is 18.1. The highest BCUT2D eigenvalue weighted by atomic mass is 19.2. The summed E-state index contributed by atoms with van der Waals surface area (Å²) < 4.78 is 95.9. The quantitative estimate of drug-likeness (QED) is 0.0758. The Balaban J connectivity index is 1.97.